The van der Waals surface area contributed by atoms with Crippen LogP contribution in [0.1, 0.15) is 78.3 Å². The van der Waals surface area contributed by atoms with E-state index in [0.29, 0.717) is 23.1 Å². The second kappa shape index (κ2) is 8.39. The van der Waals surface area contributed by atoms with Gasteiger partial charge in [0.05, 0.1) is 27.9 Å². The van der Waals surface area contributed by atoms with Gasteiger partial charge in [0.15, 0.2) is 0 Å². The highest BCUT2D eigenvalue weighted by Gasteiger charge is 2.49. The molecule has 5 nitrogen and oxygen atoms in total. The van der Waals surface area contributed by atoms with Crippen LogP contribution in [0.5, 0.6) is 0 Å². The van der Waals surface area contributed by atoms with Gasteiger partial charge < -0.3 is 15.4 Å². The molecule has 1 aliphatic heterocycles. The minimum Gasteiger partial charge on any atom is -0.359 e. The van der Waals surface area contributed by atoms with Gasteiger partial charge in [-0.15, -0.1) is 11.3 Å². The van der Waals surface area contributed by atoms with Gasteiger partial charge in [-0.25, -0.2) is 4.39 Å². The number of carbonyl (C=O) groups excluding carboxylic acids is 2. The summed E-state index contributed by atoms with van der Waals surface area (Å²) in [5.41, 5.74) is -3.53. The molecule has 3 rings (SSSR count). The van der Waals surface area contributed by atoms with Crippen molar-refractivity contribution in [3.05, 3.63) is 51.1 Å². The highest BCUT2D eigenvalue weighted by atomic mass is 32.1. The highest BCUT2D eigenvalue weighted by Crippen LogP contribution is 2.54. The number of rotatable bonds is 5. The lowest BCUT2D eigenvalue weighted by atomic mass is 9.93. The van der Waals surface area contributed by atoms with Crippen molar-refractivity contribution in [1.82, 2.24) is 5.32 Å². The molecule has 1 aliphatic rings. The van der Waals surface area contributed by atoms with E-state index in [1.165, 1.54) is 0 Å². The second-order valence-corrected chi connectivity index (χ2v) is 10.4. The van der Waals surface area contributed by atoms with Crippen molar-refractivity contribution in [3.63, 3.8) is 0 Å². The number of ether oxygens (including phenoxy) is 1. The molecule has 0 aliphatic carbocycles. The van der Waals surface area contributed by atoms with E-state index in [4.69, 9.17) is 4.74 Å². The summed E-state index contributed by atoms with van der Waals surface area (Å²) in [5.74, 6) is -2.93. The fourth-order valence-corrected chi connectivity index (χ4v) is 5.39. The number of alkyl halides is 3. The van der Waals surface area contributed by atoms with Gasteiger partial charge in [-0.2, -0.15) is 13.2 Å². The van der Waals surface area contributed by atoms with Crippen LogP contribution in [-0.2, 0) is 22.1 Å². The van der Waals surface area contributed by atoms with Crippen LogP contribution in [0, 0.1) is 11.7 Å². The average molecular weight is 487 g/mol. The van der Waals surface area contributed by atoms with Crippen molar-refractivity contribution in [3.8, 4) is 0 Å². The molecule has 1 aromatic carbocycles. The SMILES string of the molecule is CC(C)CNC(=O)c1c(NC(=O)c2c(F)cccc2C(F)(F)F)sc2c1C(C)(C)OC2(C)C. The lowest BCUT2D eigenvalue weighted by Crippen LogP contribution is -2.31. The van der Waals surface area contributed by atoms with Crippen LogP contribution >= 0.6 is 11.3 Å². The van der Waals surface area contributed by atoms with Crippen LogP contribution in [0.2, 0.25) is 0 Å². The first kappa shape index (κ1) is 25.2. The standard InChI is InChI=1S/C23H26F4N2O3S/c1-11(2)10-28-18(30)15-16-17(22(5,6)32-21(16,3)4)33-20(15)29-19(31)14-12(23(25,26)27)8-7-9-13(14)24/h7-9,11H,10H2,1-6H3,(H,28,30)(H,29,31). The molecule has 0 unspecified atom stereocenters. The lowest BCUT2D eigenvalue weighted by molar-refractivity contribution is -0.138. The molecule has 2 N–H and O–H groups in total. The maximum Gasteiger partial charge on any atom is 0.417 e. The molecule has 180 valence electrons. The van der Waals surface area contributed by atoms with Gasteiger partial charge in [0.2, 0.25) is 0 Å². The Bertz CT molecular complexity index is 1100. The summed E-state index contributed by atoms with van der Waals surface area (Å²) in [6, 6.07) is 2.32. The van der Waals surface area contributed by atoms with Gasteiger partial charge in [0, 0.05) is 17.0 Å². The van der Waals surface area contributed by atoms with Gasteiger partial charge in [-0.3, -0.25) is 9.59 Å². The fraction of sp³-hybridized carbons (Fsp3) is 0.478. The van der Waals surface area contributed by atoms with E-state index in [9.17, 15) is 27.2 Å². The van der Waals surface area contributed by atoms with Crippen molar-refractivity contribution < 1.29 is 31.9 Å². The molecule has 0 atom stereocenters. The van der Waals surface area contributed by atoms with Crippen LogP contribution in [0.3, 0.4) is 0 Å². The van der Waals surface area contributed by atoms with Gasteiger partial charge in [-0.05, 0) is 45.7 Å². The summed E-state index contributed by atoms with van der Waals surface area (Å²) in [6.45, 7) is 11.3. The fourth-order valence-electron chi connectivity index (χ4n) is 4.01. The summed E-state index contributed by atoms with van der Waals surface area (Å²) < 4.78 is 60.7. The molecule has 0 spiro atoms. The summed E-state index contributed by atoms with van der Waals surface area (Å²) in [6.07, 6.45) is -4.93. The van der Waals surface area contributed by atoms with Crippen molar-refractivity contribution in [1.29, 1.82) is 0 Å². The summed E-state index contributed by atoms with van der Waals surface area (Å²) in [5, 5.41) is 5.21. The number of nitrogens with one attached hydrogen (secondary N) is 2. The van der Waals surface area contributed by atoms with Crippen molar-refractivity contribution in [2.45, 2.75) is 58.9 Å². The van der Waals surface area contributed by atoms with Crippen LogP contribution in [0.15, 0.2) is 18.2 Å². The predicted molar refractivity (Wildman–Crippen MR) is 118 cm³/mol. The van der Waals surface area contributed by atoms with Crippen LogP contribution in [-0.4, -0.2) is 18.4 Å². The first-order valence-corrected chi connectivity index (χ1v) is 11.2. The molecule has 10 heteroatoms. The largest absolute Gasteiger partial charge is 0.417 e. The number of fused-ring (bicyclic) bond motifs is 1. The summed E-state index contributed by atoms with van der Waals surface area (Å²) in [4.78, 5) is 26.7. The highest BCUT2D eigenvalue weighted by molar-refractivity contribution is 7.17. The monoisotopic (exact) mass is 486 g/mol. The van der Waals surface area contributed by atoms with Gasteiger partial charge in [0.25, 0.3) is 11.8 Å². The Balaban J connectivity index is 2.12. The van der Waals surface area contributed by atoms with E-state index in [0.717, 1.165) is 23.5 Å². The maximum atomic E-state index is 14.4. The number of carbonyl (C=O) groups is 2. The Hall–Kier alpha value is -2.46. The number of anilines is 1. The van der Waals surface area contributed by atoms with Gasteiger partial charge in [0.1, 0.15) is 10.8 Å². The number of halogens is 4. The van der Waals surface area contributed by atoms with E-state index in [1.807, 2.05) is 13.8 Å². The van der Waals surface area contributed by atoms with Crippen molar-refractivity contribution in [2.24, 2.45) is 5.92 Å². The smallest absolute Gasteiger partial charge is 0.359 e. The van der Waals surface area contributed by atoms with Gasteiger partial charge >= 0.3 is 6.18 Å². The molecule has 2 heterocycles. The first-order chi connectivity index (χ1) is 15.1. The molecule has 1 aromatic heterocycles. The molecule has 33 heavy (non-hydrogen) atoms. The summed E-state index contributed by atoms with van der Waals surface area (Å²) in [7, 11) is 0. The Morgan fingerprint density at radius 1 is 1.06 bits per heavy atom. The Labute approximate surface area is 193 Å². The number of amides is 2. The second-order valence-electron chi connectivity index (χ2n) is 9.35. The molecular weight excluding hydrogens is 460 g/mol. The zero-order valence-corrected chi connectivity index (χ0v) is 20.0. The van der Waals surface area contributed by atoms with E-state index in [1.54, 1.807) is 27.7 Å². The normalized spacial score (nSPS) is 16.6. The van der Waals surface area contributed by atoms with Gasteiger partial charge in [-0.1, -0.05) is 19.9 Å². The molecule has 0 saturated carbocycles. The van der Waals surface area contributed by atoms with Crippen LogP contribution < -0.4 is 10.6 Å². The molecule has 0 fully saturated rings. The van der Waals surface area contributed by atoms with Crippen LogP contribution in [0.4, 0.5) is 22.6 Å². The van der Waals surface area contributed by atoms with E-state index < -0.39 is 46.1 Å². The van der Waals surface area contributed by atoms with Crippen LogP contribution in [0.25, 0.3) is 0 Å². The predicted octanol–water partition coefficient (Wildman–Crippen LogP) is 6.04. The first-order valence-electron chi connectivity index (χ1n) is 10.4. The Morgan fingerprint density at radius 3 is 2.27 bits per heavy atom. The molecule has 0 bridgehead atoms. The number of benzene rings is 1. The number of hydrogen-bond donors (Lipinski definition) is 2. The molecule has 2 amide bonds. The zero-order chi connectivity index (χ0) is 24.9. The third-order valence-electron chi connectivity index (χ3n) is 5.24. The lowest BCUT2D eigenvalue weighted by Gasteiger charge is -2.26. The quantitative estimate of drug-likeness (QED) is 0.506. The minimum atomic E-state index is -4.93. The van der Waals surface area contributed by atoms with E-state index >= 15 is 0 Å². The number of hydrogen-bond acceptors (Lipinski definition) is 4. The van der Waals surface area contributed by atoms with E-state index in [2.05, 4.69) is 10.6 Å². The molecule has 0 saturated heterocycles. The maximum absolute atomic E-state index is 14.4. The summed E-state index contributed by atoms with van der Waals surface area (Å²) >= 11 is 1.04. The third-order valence-corrected chi connectivity index (χ3v) is 6.65. The molecule has 2 aromatic rings. The van der Waals surface area contributed by atoms with Crippen molar-refractivity contribution in [2.75, 3.05) is 11.9 Å². The Kier molecular flexibility index (Phi) is 6.40. The topological polar surface area (TPSA) is 67.4 Å². The third kappa shape index (κ3) is 4.77. The zero-order valence-electron chi connectivity index (χ0n) is 19.2. The average Bonchev–Trinajstić information content (AvgIpc) is 3.12. The Morgan fingerprint density at radius 2 is 1.70 bits per heavy atom. The minimum absolute atomic E-state index is 0.0482. The van der Waals surface area contributed by atoms with E-state index in [-0.39, 0.29) is 16.5 Å². The van der Waals surface area contributed by atoms with Crippen molar-refractivity contribution >= 4 is 28.2 Å². The molecular formula is C23H26F4N2O3S. The molecule has 0 radical (unpaired) electrons. The number of thiophene rings is 1.